The predicted octanol–water partition coefficient (Wildman–Crippen LogP) is 1.98. The Kier molecular flexibility index (Phi) is 6.35. The van der Waals surface area contributed by atoms with E-state index in [1.807, 2.05) is 25.1 Å². The number of aryl methyl sites for hydroxylation is 1. The first-order chi connectivity index (χ1) is 18.4. The lowest BCUT2D eigenvalue weighted by molar-refractivity contribution is -0.153. The number of Topliss-reactive ketones (excluding diaryl/α,β-unsaturated/α-hetero) is 2. The van der Waals surface area contributed by atoms with Crippen molar-refractivity contribution in [2.24, 2.45) is 17.6 Å². The van der Waals surface area contributed by atoms with Crippen molar-refractivity contribution >= 4 is 23.2 Å². The summed E-state index contributed by atoms with van der Waals surface area (Å²) in [5, 5.41) is 45.5. The lowest BCUT2D eigenvalue weighted by atomic mass is 9.57. The molecular weight excluding hydrogens is 502 g/mol. The second-order valence-corrected chi connectivity index (χ2v) is 10.7. The quantitative estimate of drug-likeness (QED) is 0.360. The van der Waals surface area contributed by atoms with E-state index in [0.717, 1.165) is 0 Å². The van der Waals surface area contributed by atoms with Crippen molar-refractivity contribution in [2.75, 3.05) is 14.1 Å². The van der Waals surface area contributed by atoms with Gasteiger partial charge in [-0.3, -0.25) is 24.3 Å². The van der Waals surface area contributed by atoms with Gasteiger partial charge in [0.25, 0.3) is 5.91 Å². The van der Waals surface area contributed by atoms with Gasteiger partial charge in [-0.25, -0.2) is 0 Å². The molecule has 1 aromatic heterocycles. The number of nitrogens with two attached hydrogens (primary N) is 1. The largest absolute Gasteiger partial charge is 0.508 e. The third-order valence-electron chi connectivity index (χ3n) is 8.26. The van der Waals surface area contributed by atoms with E-state index in [0.29, 0.717) is 35.2 Å². The molecule has 4 atom stereocenters. The monoisotopic (exact) mass is 533 g/mol. The van der Waals surface area contributed by atoms with Gasteiger partial charge in [-0.15, -0.1) is 0 Å². The first-order valence-electron chi connectivity index (χ1n) is 12.9. The van der Waals surface area contributed by atoms with Crippen molar-refractivity contribution in [1.29, 1.82) is 0 Å². The van der Waals surface area contributed by atoms with E-state index in [2.05, 4.69) is 4.98 Å². The first-order valence-corrected chi connectivity index (χ1v) is 12.9. The number of amides is 1. The van der Waals surface area contributed by atoms with Crippen LogP contribution in [0.1, 0.15) is 36.5 Å². The Morgan fingerprint density at radius 2 is 1.92 bits per heavy atom. The average Bonchev–Trinajstić information content (AvgIpc) is 2.88. The number of phenols is 1. The number of carbonyl (C=O) groups excluding carboxylic acids is 3. The fourth-order valence-electron chi connectivity index (χ4n) is 6.58. The predicted molar refractivity (Wildman–Crippen MR) is 141 cm³/mol. The highest BCUT2D eigenvalue weighted by Crippen LogP contribution is 2.54. The van der Waals surface area contributed by atoms with E-state index in [1.165, 1.54) is 4.90 Å². The number of phenolic OH excluding ortho intramolecular Hbond substituents is 1. The molecule has 1 amide bonds. The number of aliphatic hydroxyl groups is 3. The molecule has 5 rings (SSSR count). The normalized spacial score (nSPS) is 26.4. The molecule has 1 unspecified atom stereocenters. The third-order valence-corrected chi connectivity index (χ3v) is 8.26. The van der Waals surface area contributed by atoms with Crippen LogP contribution >= 0.6 is 0 Å². The van der Waals surface area contributed by atoms with Crippen molar-refractivity contribution in [3.63, 3.8) is 0 Å². The third kappa shape index (κ3) is 3.70. The molecule has 1 saturated carbocycles. The zero-order valence-corrected chi connectivity index (χ0v) is 21.9. The fraction of sp³-hybridized carbons (Fsp3) is 0.379. The number of fused-ring (bicyclic) bond motifs is 3. The number of rotatable bonds is 5. The van der Waals surface area contributed by atoms with Crippen LogP contribution in [0.25, 0.3) is 17.0 Å². The molecule has 3 aliphatic carbocycles. The number of likely N-dealkylation sites (N-methyl/N-ethyl adjacent to an activating group) is 1. The summed E-state index contributed by atoms with van der Waals surface area (Å²) in [5.74, 6) is -6.61. The number of nitrogens with zero attached hydrogens (tertiary/aromatic N) is 2. The van der Waals surface area contributed by atoms with Crippen molar-refractivity contribution in [2.45, 2.75) is 44.2 Å². The van der Waals surface area contributed by atoms with Crippen LogP contribution in [0.5, 0.6) is 5.75 Å². The van der Waals surface area contributed by atoms with Crippen LogP contribution in [0.2, 0.25) is 0 Å². The molecule has 2 aromatic rings. The Labute approximate surface area is 225 Å². The number of aromatic hydroxyl groups is 1. The van der Waals surface area contributed by atoms with Gasteiger partial charge in [-0.1, -0.05) is 19.4 Å². The zero-order valence-electron chi connectivity index (χ0n) is 21.9. The number of hydrogen-bond donors (Lipinski definition) is 5. The summed E-state index contributed by atoms with van der Waals surface area (Å²) >= 11 is 0. The van der Waals surface area contributed by atoms with Crippen LogP contribution in [0.4, 0.5) is 0 Å². The summed E-state index contributed by atoms with van der Waals surface area (Å²) in [4.78, 5) is 45.4. The Morgan fingerprint density at radius 3 is 2.51 bits per heavy atom. The van der Waals surface area contributed by atoms with Crippen LogP contribution in [-0.4, -0.2) is 73.5 Å². The Bertz CT molecular complexity index is 1480. The summed E-state index contributed by atoms with van der Waals surface area (Å²) < 4.78 is 0. The SMILES string of the molecule is CCCc1cc(-c2ccccn2)c2c(c1O)C(O)=C1C(=O)[C@@]3(O)C(O)=C(C(N)=O)C(=O)C(N(C)C)[C@@H]3C[C@@H]1C2. The van der Waals surface area contributed by atoms with E-state index in [4.69, 9.17) is 5.73 Å². The summed E-state index contributed by atoms with van der Waals surface area (Å²) in [6.07, 6.45) is 3.10. The maximum absolute atomic E-state index is 14.0. The van der Waals surface area contributed by atoms with Crippen molar-refractivity contribution < 1.29 is 34.8 Å². The van der Waals surface area contributed by atoms with Gasteiger partial charge in [0.1, 0.15) is 22.8 Å². The van der Waals surface area contributed by atoms with Crippen molar-refractivity contribution in [3.8, 4) is 17.0 Å². The minimum absolute atomic E-state index is 0.0326. The number of primary amides is 1. The van der Waals surface area contributed by atoms with E-state index in [1.54, 1.807) is 26.4 Å². The highest BCUT2D eigenvalue weighted by atomic mass is 16.3. The lowest BCUT2D eigenvalue weighted by Gasteiger charge is -2.50. The van der Waals surface area contributed by atoms with E-state index < -0.39 is 58.0 Å². The summed E-state index contributed by atoms with van der Waals surface area (Å²) in [6.45, 7) is 1.95. The van der Waals surface area contributed by atoms with Crippen LogP contribution in [-0.2, 0) is 27.2 Å². The molecule has 3 aliphatic rings. The van der Waals surface area contributed by atoms with Gasteiger partial charge in [0.15, 0.2) is 11.4 Å². The Balaban J connectivity index is 1.78. The summed E-state index contributed by atoms with van der Waals surface area (Å²) in [7, 11) is 3.14. The standard InChI is InChI=1S/C29H31N3O7/c1-4-7-13-10-15(18-8-5-6-9-31-18)16-11-14-12-17-22(32(2)3)25(35)21(28(30)38)27(37)29(17,39)26(36)19(14)24(34)20(16)23(13)33/h5-6,8-10,14,17,22,33-34,37,39H,4,7,11-12H2,1-3H3,(H2,30,38)/t14-,17-,22?,29+/m0/s1. The number of carbonyl (C=O) groups is 3. The van der Waals surface area contributed by atoms with Gasteiger partial charge in [0.2, 0.25) is 5.78 Å². The molecule has 1 aromatic carbocycles. The van der Waals surface area contributed by atoms with Gasteiger partial charge >= 0.3 is 0 Å². The number of aromatic nitrogens is 1. The molecule has 6 N–H and O–H groups in total. The molecule has 0 bridgehead atoms. The first kappa shape index (κ1) is 26.6. The molecule has 204 valence electrons. The smallest absolute Gasteiger partial charge is 0.255 e. The number of aliphatic hydroxyl groups excluding tert-OH is 2. The topological polar surface area (TPSA) is 174 Å². The van der Waals surface area contributed by atoms with Crippen LogP contribution in [0.3, 0.4) is 0 Å². The molecule has 1 fully saturated rings. The van der Waals surface area contributed by atoms with Crippen molar-refractivity contribution in [3.05, 3.63) is 64.1 Å². The highest BCUT2D eigenvalue weighted by molar-refractivity contribution is 6.24. The molecule has 10 heteroatoms. The second-order valence-electron chi connectivity index (χ2n) is 10.7. The average molecular weight is 534 g/mol. The fourth-order valence-corrected chi connectivity index (χ4v) is 6.58. The highest BCUT2D eigenvalue weighted by Gasteiger charge is 2.64. The molecule has 1 heterocycles. The lowest BCUT2D eigenvalue weighted by Crippen LogP contribution is -2.65. The number of pyridine rings is 1. The number of ketones is 2. The number of benzene rings is 1. The molecule has 39 heavy (non-hydrogen) atoms. The minimum Gasteiger partial charge on any atom is -0.508 e. The van der Waals surface area contributed by atoms with Crippen LogP contribution in [0, 0.1) is 11.8 Å². The van der Waals surface area contributed by atoms with E-state index >= 15 is 0 Å². The zero-order chi connectivity index (χ0) is 28.4. The number of hydrogen-bond acceptors (Lipinski definition) is 9. The van der Waals surface area contributed by atoms with Crippen molar-refractivity contribution in [1.82, 2.24) is 9.88 Å². The van der Waals surface area contributed by atoms with Gasteiger partial charge in [0, 0.05) is 23.3 Å². The minimum atomic E-state index is -2.66. The van der Waals surface area contributed by atoms with Gasteiger partial charge in [-0.2, -0.15) is 0 Å². The molecular formula is C29H31N3O7. The maximum atomic E-state index is 14.0. The van der Waals surface area contributed by atoms with E-state index in [-0.39, 0.29) is 29.7 Å². The van der Waals surface area contributed by atoms with Gasteiger partial charge < -0.3 is 26.2 Å². The van der Waals surface area contributed by atoms with Crippen LogP contribution < -0.4 is 5.73 Å². The maximum Gasteiger partial charge on any atom is 0.255 e. The molecule has 10 nitrogen and oxygen atoms in total. The molecule has 0 saturated heterocycles. The molecule has 0 aliphatic heterocycles. The van der Waals surface area contributed by atoms with E-state index in [9.17, 15) is 34.8 Å². The van der Waals surface area contributed by atoms with Crippen LogP contribution in [0.15, 0.2) is 47.4 Å². The molecule has 0 radical (unpaired) electrons. The van der Waals surface area contributed by atoms with Gasteiger partial charge in [-0.05, 0) is 68.6 Å². The summed E-state index contributed by atoms with van der Waals surface area (Å²) in [5.41, 5.74) is 4.29. The second kappa shape index (κ2) is 9.32. The Morgan fingerprint density at radius 1 is 1.21 bits per heavy atom. The summed E-state index contributed by atoms with van der Waals surface area (Å²) in [6, 6.07) is 6.15. The van der Waals surface area contributed by atoms with Gasteiger partial charge in [0.05, 0.1) is 17.3 Å². The Hall–Kier alpha value is -4.02. The molecule has 0 spiro atoms.